The molecule has 0 radical (unpaired) electrons. The number of carbonyl (C=O) groups excluding carboxylic acids is 1. The number of hydrazine groups is 1. The van der Waals surface area contributed by atoms with Crippen molar-refractivity contribution in [2.45, 2.75) is 6.42 Å². The van der Waals surface area contributed by atoms with Crippen molar-refractivity contribution in [1.82, 2.24) is 9.58 Å². The minimum absolute atomic E-state index is 0.113. The molecule has 1 aliphatic rings. The first-order valence-corrected chi connectivity index (χ1v) is 8.67. The van der Waals surface area contributed by atoms with E-state index >= 15 is 0 Å². The minimum Gasteiger partial charge on any atom is -0.317 e. The first kappa shape index (κ1) is 16.4. The van der Waals surface area contributed by atoms with Gasteiger partial charge in [0.25, 0.3) is 11.5 Å². The third kappa shape index (κ3) is 3.01. The second-order valence-electron chi connectivity index (χ2n) is 5.19. The van der Waals surface area contributed by atoms with Gasteiger partial charge in [-0.1, -0.05) is 15.9 Å². The van der Waals surface area contributed by atoms with E-state index in [4.69, 9.17) is 0 Å². The third-order valence-electron chi connectivity index (χ3n) is 3.67. The molecule has 0 saturated heterocycles. The van der Waals surface area contributed by atoms with E-state index in [9.17, 15) is 14.0 Å². The summed E-state index contributed by atoms with van der Waals surface area (Å²) in [6, 6.07) is 4.59. The molecule has 0 fully saturated rings. The van der Waals surface area contributed by atoms with Gasteiger partial charge in [0.15, 0.2) is 0 Å². The molecule has 0 saturated carbocycles. The molecule has 0 unspecified atom stereocenters. The summed E-state index contributed by atoms with van der Waals surface area (Å²) in [7, 11) is 1.61. The van der Waals surface area contributed by atoms with Gasteiger partial charge < -0.3 is 4.57 Å². The standard InChI is InChI=1S/C15H12BrFIN3O2/c1-20-7-10-9(13(18)15(20)23)4-5-21(14(10)22)19-12-3-2-8(16)6-11(12)17/h2-3,6-7,19H,4-5H2,1H3. The number of carbonyl (C=O) groups is 1. The van der Waals surface area contributed by atoms with Crippen LogP contribution in [0, 0.1) is 9.39 Å². The fraction of sp³-hybridized carbons (Fsp3) is 0.200. The number of fused-ring (bicyclic) bond motifs is 1. The Morgan fingerprint density at radius 2 is 2.09 bits per heavy atom. The van der Waals surface area contributed by atoms with Crippen LogP contribution in [0.2, 0.25) is 0 Å². The highest BCUT2D eigenvalue weighted by atomic mass is 127. The topological polar surface area (TPSA) is 54.3 Å². The van der Waals surface area contributed by atoms with Crippen LogP contribution >= 0.6 is 38.5 Å². The van der Waals surface area contributed by atoms with Crippen LogP contribution in [0.5, 0.6) is 0 Å². The molecule has 1 N–H and O–H groups in total. The molecule has 0 atom stereocenters. The zero-order chi connectivity index (χ0) is 16.7. The number of hydrogen-bond donors (Lipinski definition) is 1. The fourth-order valence-electron chi connectivity index (χ4n) is 2.46. The van der Waals surface area contributed by atoms with Crippen molar-refractivity contribution in [2.75, 3.05) is 12.0 Å². The lowest BCUT2D eigenvalue weighted by molar-refractivity contribution is 0.0777. The molecule has 2 aromatic rings. The van der Waals surface area contributed by atoms with Gasteiger partial charge in [-0.25, -0.2) is 4.39 Å². The molecule has 1 aromatic heterocycles. The zero-order valence-corrected chi connectivity index (χ0v) is 15.8. The molecule has 0 aliphatic carbocycles. The Hall–Kier alpha value is -1.42. The fourth-order valence-corrected chi connectivity index (χ4v) is 3.74. The molecule has 5 nitrogen and oxygen atoms in total. The van der Waals surface area contributed by atoms with Gasteiger partial charge in [-0.15, -0.1) is 0 Å². The smallest absolute Gasteiger partial charge is 0.274 e. The van der Waals surface area contributed by atoms with Crippen molar-refractivity contribution in [2.24, 2.45) is 7.05 Å². The normalized spacial score (nSPS) is 13.9. The van der Waals surface area contributed by atoms with Crippen LogP contribution in [0.1, 0.15) is 15.9 Å². The Morgan fingerprint density at radius 1 is 1.35 bits per heavy atom. The van der Waals surface area contributed by atoms with Gasteiger partial charge in [0.1, 0.15) is 5.82 Å². The van der Waals surface area contributed by atoms with E-state index in [0.717, 1.165) is 5.56 Å². The highest BCUT2D eigenvalue weighted by Gasteiger charge is 2.28. The van der Waals surface area contributed by atoms with Crippen LogP contribution in [-0.2, 0) is 13.5 Å². The molecule has 120 valence electrons. The molecule has 1 aliphatic heterocycles. The van der Waals surface area contributed by atoms with Crippen molar-refractivity contribution in [3.05, 3.63) is 59.7 Å². The number of hydrogen-bond acceptors (Lipinski definition) is 3. The van der Waals surface area contributed by atoms with Crippen molar-refractivity contribution in [1.29, 1.82) is 0 Å². The first-order valence-electron chi connectivity index (χ1n) is 6.80. The molecule has 0 bridgehead atoms. The molecule has 8 heteroatoms. The van der Waals surface area contributed by atoms with Gasteiger partial charge in [0.05, 0.1) is 14.8 Å². The molecular formula is C15H12BrFIN3O2. The van der Waals surface area contributed by atoms with Gasteiger partial charge >= 0.3 is 0 Å². The Kier molecular flexibility index (Phi) is 4.45. The van der Waals surface area contributed by atoms with Gasteiger partial charge in [-0.2, -0.15) is 0 Å². The number of nitrogens with one attached hydrogen (secondary N) is 1. The van der Waals surface area contributed by atoms with Gasteiger partial charge in [0.2, 0.25) is 0 Å². The first-order chi connectivity index (χ1) is 10.9. The summed E-state index contributed by atoms with van der Waals surface area (Å²) in [4.78, 5) is 24.6. The molecule has 2 heterocycles. The van der Waals surface area contributed by atoms with Crippen molar-refractivity contribution < 1.29 is 9.18 Å². The maximum absolute atomic E-state index is 13.9. The van der Waals surface area contributed by atoms with Crippen LogP contribution in [0.4, 0.5) is 10.1 Å². The maximum Gasteiger partial charge on any atom is 0.274 e. The average molecular weight is 492 g/mol. The average Bonchev–Trinajstić information content (AvgIpc) is 2.51. The van der Waals surface area contributed by atoms with E-state index in [2.05, 4.69) is 21.4 Å². The largest absolute Gasteiger partial charge is 0.317 e. The lowest BCUT2D eigenvalue weighted by Gasteiger charge is -2.30. The summed E-state index contributed by atoms with van der Waals surface area (Å²) >= 11 is 5.17. The Morgan fingerprint density at radius 3 is 2.78 bits per heavy atom. The molecule has 3 rings (SSSR count). The number of anilines is 1. The van der Waals surface area contributed by atoms with Crippen LogP contribution < -0.4 is 11.0 Å². The van der Waals surface area contributed by atoms with E-state index in [0.29, 0.717) is 26.6 Å². The summed E-state index contributed by atoms with van der Waals surface area (Å²) in [5.41, 5.74) is 4.15. The van der Waals surface area contributed by atoms with E-state index in [1.54, 1.807) is 19.2 Å². The lowest BCUT2D eigenvalue weighted by atomic mass is 10.0. The third-order valence-corrected chi connectivity index (χ3v) is 5.27. The predicted octanol–water partition coefficient (Wildman–Crippen LogP) is 2.92. The number of pyridine rings is 1. The van der Waals surface area contributed by atoms with Crippen molar-refractivity contribution in [3.63, 3.8) is 0 Å². The number of aromatic nitrogens is 1. The zero-order valence-electron chi connectivity index (χ0n) is 12.1. The molecular weight excluding hydrogens is 480 g/mol. The molecule has 23 heavy (non-hydrogen) atoms. The van der Waals surface area contributed by atoms with Gasteiger partial charge in [-0.05, 0) is 52.8 Å². The predicted molar refractivity (Wildman–Crippen MR) is 96.9 cm³/mol. The van der Waals surface area contributed by atoms with Gasteiger partial charge in [0, 0.05) is 24.3 Å². The molecule has 0 spiro atoms. The number of amides is 1. The van der Waals surface area contributed by atoms with Crippen LogP contribution in [0.15, 0.2) is 33.7 Å². The number of halogens is 3. The number of aryl methyl sites for hydroxylation is 1. The second-order valence-corrected chi connectivity index (χ2v) is 7.19. The van der Waals surface area contributed by atoms with Crippen LogP contribution in [-0.4, -0.2) is 22.0 Å². The maximum atomic E-state index is 13.9. The van der Waals surface area contributed by atoms with E-state index in [1.807, 2.05) is 22.6 Å². The summed E-state index contributed by atoms with van der Waals surface area (Å²) in [5, 5.41) is 1.37. The van der Waals surface area contributed by atoms with E-state index in [-0.39, 0.29) is 17.2 Å². The minimum atomic E-state index is -0.451. The van der Waals surface area contributed by atoms with E-state index < -0.39 is 5.82 Å². The summed E-state index contributed by atoms with van der Waals surface area (Å²) < 4.78 is 16.5. The summed E-state index contributed by atoms with van der Waals surface area (Å²) in [5.74, 6) is -0.727. The summed E-state index contributed by atoms with van der Waals surface area (Å²) in [6.07, 6.45) is 2.08. The lowest BCUT2D eigenvalue weighted by Crippen LogP contribution is -2.43. The van der Waals surface area contributed by atoms with Crippen LogP contribution in [0.3, 0.4) is 0 Å². The summed E-state index contributed by atoms with van der Waals surface area (Å²) in [6.45, 7) is 0.366. The van der Waals surface area contributed by atoms with Gasteiger partial charge in [-0.3, -0.25) is 20.0 Å². The Labute approximate surface area is 153 Å². The SMILES string of the molecule is Cn1cc2c(c(I)c1=O)CCN(Nc1ccc(Br)cc1F)C2=O. The Balaban J connectivity index is 1.94. The number of nitrogens with zero attached hydrogens (tertiary/aromatic N) is 2. The highest BCUT2D eigenvalue weighted by Crippen LogP contribution is 2.24. The van der Waals surface area contributed by atoms with Crippen molar-refractivity contribution >= 4 is 50.1 Å². The quantitative estimate of drug-likeness (QED) is 0.657. The molecule has 1 aromatic carbocycles. The second kappa shape index (κ2) is 6.23. The molecule has 1 amide bonds. The highest BCUT2D eigenvalue weighted by molar-refractivity contribution is 14.1. The number of rotatable bonds is 2. The van der Waals surface area contributed by atoms with E-state index in [1.165, 1.54) is 21.8 Å². The van der Waals surface area contributed by atoms with Crippen molar-refractivity contribution in [3.8, 4) is 0 Å². The monoisotopic (exact) mass is 491 g/mol. The number of benzene rings is 1. The van der Waals surface area contributed by atoms with Crippen LogP contribution in [0.25, 0.3) is 0 Å². The Bertz CT molecular complexity index is 869.